The molecule has 0 bridgehead atoms. The molecule has 0 spiro atoms. The number of aliphatic hydroxyl groups is 4. The van der Waals surface area contributed by atoms with Gasteiger partial charge in [0.25, 0.3) is 0 Å². The van der Waals surface area contributed by atoms with Crippen LogP contribution in [0, 0.1) is 0 Å². The molecule has 1 fully saturated rings. The van der Waals surface area contributed by atoms with Crippen molar-refractivity contribution in [2.24, 2.45) is 0 Å². The predicted molar refractivity (Wildman–Crippen MR) is 74.9 cm³/mol. The molecule has 5 atom stereocenters. The van der Waals surface area contributed by atoms with Gasteiger partial charge < -0.3 is 30.9 Å². The van der Waals surface area contributed by atoms with Crippen LogP contribution in [0.5, 0.6) is 0 Å². The predicted octanol–water partition coefficient (Wildman–Crippen LogP) is -2.65. The zero-order valence-electron chi connectivity index (χ0n) is 11.4. The van der Waals surface area contributed by atoms with Crippen molar-refractivity contribution in [3.63, 3.8) is 0 Å². The van der Waals surface area contributed by atoms with E-state index in [-0.39, 0.29) is 4.90 Å². The SMILES string of the molecule is Nc1ccc(S(=O)(=O)N[C@@H]2[C@@H](O)[C@H](O)[C@@H](CO)O[C@@H]2O)cc1. The van der Waals surface area contributed by atoms with Crippen LogP contribution >= 0.6 is 0 Å². The normalized spacial score (nSPS) is 32.8. The largest absolute Gasteiger partial charge is 0.399 e. The molecule has 2 rings (SSSR count). The maximum Gasteiger partial charge on any atom is 0.241 e. The van der Waals surface area contributed by atoms with E-state index in [4.69, 9.17) is 15.6 Å². The number of ether oxygens (including phenoxy) is 1. The maximum atomic E-state index is 12.2. The molecule has 7 N–H and O–H groups in total. The van der Waals surface area contributed by atoms with Gasteiger partial charge in [-0.25, -0.2) is 13.1 Å². The number of anilines is 1. The average molecular weight is 334 g/mol. The van der Waals surface area contributed by atoms with Gasteiger partial charge in [0.1, 0.15) is 24.4 Å². The lowest BCUT2D eigenvalue weighted by Crippen LogP contribution is -2.64. The van der Waals surface area contributed by atoms with Gasteiger partial charge >= 0.3 is 0 Å². The van der Waals surface area contributed by atoms with Gasteiger partial charge in [0.15, 0.2) is 6.29 Å². The highest BCUT2D eigenvalue weighted by molar-refractivity contribution is 7.89. The number of nitrogens with one attached hydrogen (secondary N) is 1. The van der Waals surface area contributed by atoms with Gasteiger partial charge in [-0.1, -0.05) is 0 Å². The van der Waals surface area contributed by atoms with E-state index in [1.807, 2.05) is 0 Å². The van der Waals surface area contributed by atoms with Crippen molar-refractivity contribution in [2.75, 3.05) is 12.3 Å². The molecule has 1 aromatic rings. The highest BCUT2D eigenvalue weighted by Crippen LogP contribution is 2.22. The van der Waals surface area contributed by atoms with Crippen LogP contribution in [0.15, 0.2) is 29.2 Å². The summed E-state index contributed by atoms with van der Waals surface area (Å²) in [5.41, 5.74) is 5.85. The fourth-order valence-electron chi connectivity index (χ4n) is 2.12. The second-order valence-corrected chi connectivity index (χ2v) is 6.66. The number of nitrogens with two attached hydrogens (primary N) is 1. The quantitative estimate of drug-likeness (QED) is 0.325. The Labute approximate surface area is 127 Å². The minimum Gasteiger partial charge on any atom is -0.399 e. The molecule has 9 nitrogen and oxygen atoms in total. The van der Waals surface area contributed by atoms with E-state index in [0.29, 0.717) is 5.69 Å². The lowest BCUT2D eigenvalue weighted by atomic mass is 9.98. The smallest absolute Gasteiger partial charge is 0.241 e. The molecule has 1 aromatic carbocycles. The Hall–Kier alpha value is -1.27. The summed E-state index contributed by atoms with van der Waals surface area (Å²) in [5.74, 6) is 0. The van der Waals surface area contributed by atoms with E-state index in [0.717, 1.165) is 0 Å². The molecule has 0 aliphatic carbocycles. The Kier molecular flexibility index (Phi) is 5.02. The monoisotopic (exact) mass is 334 g/mol. The van der Waals surface area contributed by atoms with Gasteiger partial charge in [0.2, 0.25) is 10.0 Å². The Morgan fingerprint density at radius 1 is 1.14 bits per heavy atom. The summed E-state index contributed by atoms with van der Waals surface area (Å²) in [5, 5.41) is 38.4. The number of benzene rings is 1. The van der Waals surface area contributed by atoms with Crippen molar-refractivity contribution >= 4 is 15.7 Å². The molecule has 1 aliphatic heterocycles. The fraction of sp³-hybridized carbons (Fsp3) is 0.500. The second kappa shape index (κ2) is 6.46. The summed E-state index contributed by atoms with van der Waals surface area (Å²) in [4.78, 5) is -0.125. The van der Waals surface area contributed by atoms with Crippen molar-refractivity contribution in [3.8, 4) is 0 Å². The third-order valence-corrected chi connectivity index (χ3v) is 4.86. The molecule has 22 heavy (non-hydrogen) atoms. The summed E-state index contributed by atoms with van der Waals surface area (Å²) in [7, 11) is -4.07. The Balaban J connectivity index is 2.20. The van der Waals surface area contributed by atoms with E-state index in [9.17, 15) is 23.7 Å². The van der Waals surface area contributed by atoms with Gasteiger partial charge in [0, 0.05) is 5.69 Å². The van der Waals surface area contributed by atoms with Gasteiger partial charge in [-0.2, -0.15) is 0 Å². The van der Waals surface area contributed by atoms with Gasteiger partial charge in [-0.3, -0.25) is 0 Å². The van der Waals surface area contributed by atoms with Crippen LogP contribution < -0.4 is 10.5 Å². The molecule has 0 amide bonds. The average Bonchev–Trinajstić information content (AvgIpc) is 2.48. The van der Waals surface area contributed by atoms with Crippen LogP contribution in [-0.4, -0.2) is 66.1 Å². The first-order valence-electron chi connectivity index (χ1n) is 6.44. The second-order valence-electron chi connectivity index (χ2n) is 4.94. The lowest BCUT2D eigenvalue weighted by Gasteiger charge is -2.40. The van der Waals surface area contributed by atoms with Gasteiger partial charge in [-0.15, -0.1) is 0 Å². The number of hydrogen-bond acceptors (Lipinski definition) is 8. The van der Waals surface area contributed by atoms with Crippen LogP contribution in [0.25, 0.3) is 0 Å². The van der Waals surface area contributed by atoms with Gasteiger partial charge in [-0.05, 0) is 24.3 Å². The number of hydrogen-bond donors (Lipinski definition) is 6. The Morgan fingerprint density at radius 2 is 1.73 bits per heavy atom. The van der Waals surface area contributed by atoms with Crippen LogP contribution in [-0.2, 0) is 14.8 Å². The molecule has 0 saturated carbocycles. The minimum atomic E-state index is -4.07. The third-order valence-electron chi connectivity index (χ3n) is 3.38. The number of aliphatic hydroxyl groups excluding tert-OH is 4. The third kappa shape index (κ3) is 3.38. The van der Waals surface area contributed by atoms with E-state index in [2.05, 4.69) is 4.72 Å². The number of nitrogen functional groups attached to an aromatic ring is 1. The molecule has 1 heterocycles. The zero-order valence-corrected chi connectivity index (χ0v) is 12.2. The van der Waals surface area contributed by atoms with E-state index in [1.54, 1.807) is 0 Å². The Morgan fingerprint density at radius 3 is 2.27 bits per heavy atom. The number of rotatable bonds is 4. The van der Waals surface area contributed by atoms with Crippen LogP contribution in [0.3, 0.4) is 0 Å². The zero-order chi connectivity index (χ0) is 16.5. The van der Waals surface area contributed by atoms with Crippen molar-refractivity contribution in [3.05, 3.63) is 24.3 Å². The molecule has 10 heteroatoms. The van der Waals surface area contributed by atoms with E-state index >= 15 is 0 Å². The first-order chi connectivity index (χ1) is 10.3. The van der Waals surface area contributed by atoms with Crippen molar-refractivity contribution in [2.45, 2.75) is 35.5 Å². The molecule has 124 valence electrons. The molecular formula is C12H18N2O7S. The first kappa shape index (κ1) is 17.1. The summed E-state index contributed by atoms with van der Waals surface area (Å²) in [6, 6.07) is 3.80. The highest BCUT2D eigenvalue weighted by atomic mass is 32.2. The fourth-order valence-corrected chi connectivity index (χ4v) is 3.36. The van der Waals surface area contributed by atoms with Gasteiger partial charge in [0.05, 0.1) is 11.5 Å². The molecule has 0 aromatic heterocycles. The first-order valence-corrected chi connectivity index (χ1v) is 7.93. The van der Waals surface area contributed by atoms with Crippen LogP contribution in [0.4, 0.5) is 5.69 Å². The number of sulfonamides is 1. The molecular weight excluding hydrogens is 316 g/mol. The maximum absolute atomic E-state index is 12.2. The van der Waals surface area contributed by atoms with Crippen molar-refractivity contribution in [1.82, 2.24) is 4.72 Å². The molecule has 1 saturated heterocycles. The molecule has 1 aliphatic rings. The summed E-state index contributed by atoms with van der Waals surface area (Å²) >= 11 is 0. The topological polar surface area (TPSA) is 162 Å². The van der Waals surface area contributed by atoms with Crippen molar-refractivity contribution < 1.29 is 33.6 Å². The lowest BCUT2D eigenvalue weighted by molar-refractivity contribution is -0.251. The minimum absolute atomic E-state index is 0.125. The van der Waals surface area contributed by atoms with Crippen molar-refractivity contribution in [1.29, 1.82) is 0 Å². The standard InChI is InChI=1S/C12H18N2O7S/c13-6-1-3-7(4-2-6)22(19,20)14-9-11(17)10(16)8(5-15)21-12(9)18/h1-4,8-12,14-18H,5,13H2/t8-,9-,10-,11-,12+/m1/s1. The van der Waals surface area contributed by atoms with E-state index in [1.165, 1.54) is 24.3 Å². The highest BCUT2D eigenvalue weighted by Gasteiger charge is 2.45. The summed E-state index contributed by atoms with van der Waals surface area (Å²) in [6.07, 6.45) is -6.13. The molecule has 0 unspecified atom stereocenters. The summed E-state index contributed by atoms with van der Waals surface area (Å²) in [6.45, 7) is -0.632. The Bertz CT molecular complexity index is 606. The van der Waals surface area contributed by atoms with Crippen LogP contribution in [0.1, 0.15) is 0 Å². The van der Waals surface area contributed by atoms with E-state index < -0.39 is 47.3 Å². The van der Waals surface area contributed by atoms with Crippen LogP contribution in [0.2, 0.25) is 0 Å². The summed E-state index contributed by atoms with van der Waals surface area (Å²) < 4.78 is 31.4. The molecule has 0 radical (unpaired) electrons.